The Balaban J connectivity index is 1.99. The molecule has 0 radical (unpaired) electrons. The van der Waals surface area contributed by atoms with Gasteiger partial charge < -0.3 is 20.4 Å². The summed E-state index contributed by atoms with van der Waals surface area (Å²) in [6, 6.07) is 2.89. The van der Waals surface area contributed by atoms with E-state index in [0.29, 0.717) is 31.1 Å². The minimum absolute atomic E-state index is 0.0251. The third-order valence-corrected chi connectivity index (χ3v) is 6.39. The fourth-order valence-electron chi connectivity index (χ4n) is 3.43. The lowest BCUT2D eigenvalue weighted by Gasteiger charge is -2.41. The Hall–Kier alpha value is -2.09. The Morgan fingerprint density at radius 3 is 2.62 bits per heavy atom. The van der Waals surface area contributed by atoms with Crippen LogP contribution in [-0.4, -0.2) is 65.9 Å². The van der Waals surface area contributed by atoms with Crippen LogP contribution < -0.4 is 10.6 Å². The topological polar surface area (TPSA) is 81.8 Å². The molecule has 1 aromatic rings. The number of carbonyl (C=O) groups excluding carboxylic acids is 3. The molecule has 0 aromatic carbocycles. The number of carbonyl (C=O) groups is 3. The molecule has 7 nitrogen and oxygen atoms in total. The Bertz CT molecular complexity index is 679. The summed E-state index contributed by atoms with van der Waals surface area (Å²) >= 11 is 1.36. The van der Waals surface area contributed by atoms with Gasteiger partial charge in [-0.05, 0) is 30.7 Å². The number of hydrogen-bond donors (Lipinski definition) is 2. The first-order valence-electron chi connectivity index (χ1n) is 10.6. The monoisotopic (exact) mass is 422 g/mol. The molecule has 1 aromatic heterocycles. The maximum absolute atomic E-state index is 13.2. The van der Waals surface area contributed by atoms with Crippen LogP contribution in [0.4, 0.5) is 4.79 Å². The van der Waals surface area contributed by atoms with Crippen LogP contribution >= 0.6 is 11.3 Å². The summed E-state index contributed by atoms with van der Waals surface area (Å²) in [6.07, 6.45) is 2.78. The highest BCUT2D eigenvalue weighted by atomic mass is 32.1. The molecular weight excluding hydrogens is 388 g/mol. The Morgan fingerprint density at radius 2 is 2.03 bits per heavy atom. The third kappa shape index (κ3) is 6.19. The van der Waals surface area contributed by atoms with E-state index in [-0.39, 0.29) is 29.8 Å². The quantitative estimate of drug-likeness (QED) is 0.632. The van der Waals surface area contributed by atoms with Crippen molar-refractivity contribution in [2.45, 2.75) is 59.0 Å². The van der Waals surface area contributed by atoms with Crippen molar-refractivity contribution >= 4 is 29.2 Å². The number of piperazine rings is 1. The highest BCUT2D eigenvalue weighted by Gasteiger charge is 2.35. The van der Waals surface area contributed by atoms with E-state index in [4.69, 9.17) is 0 Å². The van der Waals surface area contributed by atoms with Crippen LogP contribution in [-0.2, 0) is 4.79 Å². The van der Waals surface area contributed by atoms with E-state index in [1.165, 1.54) is 11.3 Å². The van der Waals surface area contributed by atoms with Crippen LogP contribution in [0, 0.1) is 5.92 Å². The van der Waals surface area contributed by atoms with Gasteiger partial charge in [-0.15, -0.1) is 11.3 Å². The predicted octanol–water partition coefficient (Wildman–Crippen LogP) is 2.94. The van der Waals surface area contributed by atoms with Gasteiger partial charge in [0, 0.05) is 32.2 Å². The molecule has 162 valence electrons. The van der Waals surface area contributed by atoms with Gasteiger partial charge in [-0.3, -0.25) is 9.59 Å². The van der Waals surface area contributed by atoms with Crippen LogP contribution in [0.2, 0.25) is 0 Å². The number of urea groups is 1. The molecule has 2 heterocycles. The highest BCUT2D eigenvalue weighted by Crippen LogP contribution is 2.17. The maximum atomic E-state index is 13.2. The van der Waals surface area contributed by atoms with Gasteiger partial charge in [0.25, 0.3) is 5.91 Å². The second-order valence-corrected chi connectivity index (χ2v) is 8.67. The first-order valence-corrected chi connectivity index (χ1v) is 11.4. The number of unbranched alkanes of at least 4 members (excludes halogenated alkanes) is 1. The van der Waals surface area contributed by atoms with Crippen LogP contribution in [0.15, 0.2) is 17.5 Å². The zero-order valence-corrected chi connectivity index (χ0v) is 18.8. The number of nitrogens with zero attached hydrogens (tertiary/aromatic N) is 2. The minimum atomic E-state index is -0.563. The Kier molecular flexibility index (Phi) is 8.95. The molecule has 0 aliphatic carbocycles. The standard InChI is InChI=1S/C21H34N4O3S/c1-5-7-10-22-21(28)25-12-11-24(14-16(25)4)20(27)18(15(3)6-2)23-19(26)17-9-8-13-29-17/h8-9,13,15-16,18H,5-7,10-12,14H2,1-4H3,(H,22,28)(H,23,26). The zero-order chi connectivity index (χ0) is 21.4. The van der Waals surface area contributed by atoms with Gasteiger partial charge in [-0.2, -0.15) is 0 Å². The molecule has 8 heteroatoms. The van der Waals surface area contributed by atoms with E-state index >= 15 is 0 Å². The summed E-state index contributed by atoms with van der Waals surface area (Å²) < 4.78 is 0. The summed E-state index contributed by atoms with van der Waals surface area (Å²) in [4.78, 5) is 42.3. The molecule has 1 saturated heterocycles. The van der Waals surface area contributed by atoms with Crippen LogP contribution in [0.3, 0.4) is 0 Å². The molecule has 1 aliphatic rings. The van der Waals surface area contributed by atoms with Gasteiger partial charge in [-0.25, -0.2) is 4.79 Å². The van der Waals surface area contributed by atoms with E-state index in [9.17, 15) is 14.4 Å². The highest BCUT2D eigenvalue weighted by molar-refractivity contribution is 7.12. The summed E-state index contributed by atoms with van der Waals surface area (Å²) in [7, 11) is 0. The fraction of sp³-hybridized carbons (Fsp3) is 0.667. The van der Waals surface area contributed by atoms with Crippen molar-refractivity contribution in [2.24, 2.45) is 5.92 Å². The number of nitrogens with one attached hydrogen (secondary N) is 2. The molecule has 3 unspecified atom stereocenters. The first kappa shape index (κ1) is 23.2. The molecule has 0 saturated carbocycles. The number of rotatable bonds is 8. The van der Waals surface area contributed by atoms with Crippen molar-refractivity contribution in [3.05, 3.63) is 22.4 Å². The fourth-order valence-corrected chi connectivity index (χ4v) is 4.06. The van der Waals surface area contributed by atoms with E-state index < -0.39 is 6.04 Å². The first-order chi connectivity index (χ1) is 13.9. The average molecular weight is 423 g/mol. The van der Waals surface area contributed by atoms with Crippen LogP contribution in [0.1, 0.15) is 56.6 Å². The van der Waals surface area contributed by atoms with Crippen molar-refractivity contribution in [3.8, 4) is 0 Å². The van der Waals surface area contributed by atoms with Crippen molar-refractivity contribution in [2.75, 3.05) is 26.2 Å². The molecular formula is C21H34N4O3S. The summed E-state index contributed by atoms with van der Waals surface area (Å²) in [6.45, 7) is 10.2. The Labute approximate surface area is 177 Å². The van der Waals surface area contributed by atoms with Crippen molar-refractivity contribution in [1.82, 2.24) is 20.4 Å². The Morgan fingerprint density at radius 1 is 1.28 bits per heavy atom. The lowest BCUT2D eigenvalue weighted by molar-refractivity contribution is -0.136. The second kappa shape index (κ2) is 11.2. The van der Waals surface area contributed by atoms with E-state index in [0.717, 1.165) is 19.3 Å². The number of hydrogen-bond acceptors (Lipinski definition) is 4. The molecule has 4 amide bonds. The minimum Gasteiger partial charge on any atom is -0.339 e. The predicted molar refractivity (Wildman–Crippen MR) is 116 cm³/mol. The van der Waals surface area contributed by atoms with Crippen molar-refractivity contribution < 1.29 is 14.4 Å². The lowest BCUT2D eigenvalue weighted by atomic mass is 9.97. The SMILES string of the molecule is CCCCNC(=O)N1CCN(C(=O)C(NC(=O)c2cccs2)C(C)CC)CC1C. The molecule has 1 fully saturated rings. The molecule has 2 N–H and O–H groups in total. The molecule has 0 spiro atoms. The van der Waals surface area contributed by atoms with Gasteiger partial charge in [0.2, 0.25) is 5.91 Å². The molecule has 1 aliphatic heterocycles. The summed E-state index contributed by atoms with van der Waals surface area (Å²) in [5.41, 5.74) is 0. The van der Waals surface area contributed by atoms with Crippen molar-refractivity contribution in [3.63, 3.8) is 0 Å². The van der Waals surface area contributed by atoms with Crippen LogP contribution in [0.25, 0.3) is 0 Å². The van der Waals surface area contributed by atoms with E-state index in [1.54, 1.807) is 15.9 Å². The maximum Gasteiger partial charge on any atom is 0.317 e. The van der Waals surface area contributed by atoms with E-state index in [2.05, 4.69) is 17.6 Å². The molecule has 0 bridgehead atoms. The molecule has 29 heavy (non-hydrogen) atoms. The van der Waals surface area contributed by atoms with Crippen molar-refractivity contribution in [1.29, 1.82) is 0 Å². The molecule has 2 rings (SSSR count). The normalized spacial score (nSPS) is 18.8. The third-order valence-electron chi connectivity index (χ3n) is 5.52. The van der Waals surface area contributed by atoms with Gasteiger partial charge in [0.1, 0.15) is 6.04 Å². The number of amides is 4. The second-order valence-electron chi connectivity index (χ2n) is 7.73. The zero-order valence-electron chi connectivity index (χ0n) is 17.9. The van der Waals surface area contributed by atoms with E-state index in [1.807, 2.05) is 32.2 Å². The lowest BCUT2D eigenvalue weighted by Crippen LogP contribution is -2.61. The van der Waals surface area contributed by atoms with Gasteiger partial charge >= 0.3 is 6.03 Å². The number of thiophene rings is 1. The average Bonchev–Trinajstić information content (AvgIpc) is 3.25. The molecule has 3 atom stereocenters. The largest absolute Gasteiger partial charge is 0.339 e. The smallest absolute Gasteiger partial charge is 0.317 e. The summed E-state index contributed by atoms with van der Waals surface area (Å²) in [5, 5.41) is 7.73. The van der Waals surface area contributed by atoms with Gasteiger partial charge in [0.05, 0.1) is 4.88 Å². The van der Waals surface area contributed by atoms with Crippen LogP contribution in [0.5, 0.6) is 0 Å². The summed E-state index contributed by atoms with van der Waals surface area (Å²) in [5.74, 6) is -0.250. The van der Waals surface area contributed by atoms with Gasteiger partial charge in [-0.1, -0.05) is 39.7 Å². The van der Waals surface area contributed by atoms with Gasteiger partial charge in [0.15, 0.2) is 0 Å².